The van der Waals surface area contributed by atoms with E-state index in [1.165, 1.54) is 17.0 Å². The van der Waals surface area contributed by atoms with Crippen LogP contribution in [0.1, 0.15) is 22.6 Å². The number of amides is 1. The summed E-state index contributed by atoms with van der Waals surface area (Å²) in [4.78, 5) is 25.1. The first kappa shape index (κ1) is 20.6. The van der Waals surface area contributed by atoms with Crippen molar-refractivity contribution in [2.45, 2.75) is 12.3 Å². The SMILES string of the molecule is O=C(O)CN(CCc1ccc(F)cc1)C(=O)OCC1c2ccccc2-c2ccccc21. The highest BCUT2D eigenvalue weighted by molar-refractivity contribution is 5.79. The molecule has 0 saturated carbocycles. The van der Waals surface area contributed by atoms with E-state index >= 15 is 0 Å². The molecule has 0 saturated heterocycles. The van der Waals surface area contributed by atoms with Crippen LogP contribution in [0, 0.1) is 5.82 Å². The molecule has 1 amide bonds. The number of hydrogen-bond acceptors (Lipinski definition) is 3. The Kier molecular flexibility index (Phi) is 5.98. The molecule has 3 aromatic rings. The average Bonchev–Trinajstić information content (AvgIpc) is 3.09. The first-order valence-corrected chi connectivity index (χ1v) is 10.1. The van der Waals surface area contributed by atoms with Gasteiger partial charge in [0.1, 0.15) is 19.0 Å². The molecule has 0 aliphatic heterocycles. The van der Waals surface area contributed by atoms with Crippen molar-refractivity contribution in [3.63, 3.8) is 0 Å². The number of carboxylic acids is 1. The number of hydrogen-bond donors (Lipinski definition) is 1. The molecule has 0 bridgehead atoms. The molecule has 6 heteroatoms. The average molecular weight is 419 g/mol. The van der Waals surface area contributed by atoms with Crippen LogP contribution in [-0.4, -0.2) is 41.8 Å². The van der Waals surface area contributed by atoms with Crippen molar-refractivity contribution >= 4 is 12.1 Å². The monoisotopic (exact) mass is 419 g/mol. The molecule has 0 radical (unpaired) electrons. The quantitative estimate of drug-likeness (QED) is 0.603. The molecular formula is C25H22FNO4. The summed E-state index contributed by atoms with van der Waals surface area (Å²) in [6.45, 7) is -0.175. The number of carbonyl (C=O) groups is 2. The third-order valence-corrected chi connectivity index (χ3v) is 5.50. The predicted octanol–water partition coefficient (Wildman–Crippen LogP) is 4.70. The summed E-state index contributed by atoms with van der Waals surface area (Å²) in [5, 5.41) is 9.21. The zero-order valence-corrected chi connectivity index (χ0v) is 16.8. The Morgan fingerprint density at radius 3 is 2.06 bits per heavy atom. The maximum Gasteiger partial charge on any atom is 0.410 e. The fourth-order valence-electron chi connectivity index (χ4n) is 4.00. The van der Waals surface area contributed by atoms with Gasteiger partial charge in [-0.05, 0) is 46.4 Å². The van der Waals surface area contributed by atoms with Gasteiger partial charge in [0.2, 0.25) is 0 Å². The molecule has 0 atom stereocenters. The normalized spacial score (nSPS) is 12.2. The van der Waals surface area contributed by atoms with Gasteiger partial charge in [-0.25, -0.2) is 9.18 Å². The van der Waals surface area contributed by atoms with Gasteiger partial charge in [0, 0.05) is 12.5 Å². The second-order valence-corrected chi connectivity index (χ2v) is 7.50. The number of aliphatic carboxylic acids is 1. The minimum atomic E-state index is -1.12. The van der Waals surface area contributed by atoms with Crippen molar-refractivity contribution in [2.75, 3.05) is 19.7 Å². The molecule has 5 nitrogen and oxygen atoms in total. The molecule has 0 fully saturated rings. The fourth-order valence-corrected chi connectivity index (χ4v) is 4.00. The summed E-state index contributed by atoms with van der Waals surface area (Å²) < 4.78 is 18.7. The lowest BCUT2D eigenvalue weighted by atomic mass is 9.98. The van der Waals surface area contributed by atoms with Crippen LogP contribution in [0.2, 0.25) is 0 Å². The van der Waals surface area contributed by atoms with Crippen molar-refractivity contribution in [3.05, 3.63) is 95.3 Å². The Labute approximate surface area is 179 Å². The third-order valence-electron chi connectivity index (χ3n) is 5.50. The highest BCUT2D eigenvalue weighted by Gasteiger charge is 2.30. The maximum atomic E-state index is 13.1. The van der Waals surface area contributed by atoms with Crippen molar-refractivity contribution in [1.29, 1.82) is 0 Å². The Morgan fingerprint density at radius 2 is 1.48 bits per heavy atom. The number of rotatable bonds is 7. The van der Waals surface area contributed by atoms with E-state index in [0.717, 1.165) is 27.8 Å². The van der Waals surface area contributed by atoms with Crippen LogP contribution in [0.4, 0.5) is 9.18 Å². The summed E-state index contributed by atoms with van der Waals surface area (Å²) in [6.07, 6.45) is -0.274. The van der Waals surface area contributed by atoms with Gasteiger partial charge in [-0.3, -0.25) is 9.69 Å². The Balaban J connectivity index is 1.45. The predicted molar refractivity (Wildman–Crippen MR) is 114 cm³/mol. The van der Waals surface area contributed by atoms with Gasteiger partial charge in [0.15, 0.2) is 0 Å². The number of nitrogens with zero attached hydrogens (tertiary/aromatic N) is 1. The molecule has 1 aliphatic rings. The van der Waals surface area contributed by atoms with Crippen LogP contribution < -0.4 is 0 Å². The molecule has 3 aromatic carbocycles. The molecule has 158 valence electrons. The van der Waals surface area contributed by atoms with Crippen LogP contribution >= 0.6 is 0 Å². The van der Waals surface area contributed by atoms with E-state index in [1.54, 1.807) is 12.1 Å². The van der Waals surface area contributed by atoms with Crippen molar-refractivity contribution in [3.8, 4) is 11.1 Å². The van der Waals surface area contributed by atoms with Crippen LogP contribution in [0.3, 0.4) is 0 Å². The number of halogens is 1. The second-order valence-electron chi connectivity index (χ2n) is 7.50. The van der Waals surface area contributed by atoms with E-state index in [9.17, 15) is 19.1 Å². The molecule has 1 aliphatic carbocycles. The number of ether oxygens (including phenoxy) is 1. The number of carbonyl (C=O) groups excluding carboxylic acids is 1. The Hall–Kier alpha value is -3.67. The van der Waals surface area contributed by atoms with Gasteiger partial charge in [-0.1, -0.05) is 60.7 Å². The first-order chi connectivity index (χ1) is 15.0. The lowest BCUT2D eigenvalue weighted by Crippen LogP contribution is -2.38. The molecule has 0 aromatic heterocycles. The first-order valence-electron chi connectivity index (χ1n) is 10.1. The maximum absolute atomic E-state index is 13.1. The van der Waals surface area contributed by atoms with Gasteiger partial charge >= 0.3 is 12.1 Å². The Bertz CT molecular complexity index is 1050. The lowest BCUT2D eigenvalue weighted by molar-refractivity contribution is -0.138. The van der Waals surface area contributed by atoms with Crippen molar-refractivity contribution in [1.82, 2.24) is 4.90 Å². The van der Waals surface area contributed by atoms with E-state index in [2.05, 4.69) is 12.1 Å². The standard InChI is InChI=1S/C25H22FNO4/c26-18-11-9-17(10-12-18)13-14-27(15-24(28)29)25(30)31-16-23-21-7-3-1-5-19(21)20-6-2-4-8-22(20)23/h1-12,23H,13-16H2,(H,28,29). The highest BCUT2D eigenvalue weighted by Crippen LogP contribution is 2.44. The van der Waals surface area contributed by atoms with Crippen LogP contribution in [0.25, 0.3) is 11.1 Å². The minimum absolute atomic E-state index is 0.0971. The summed E-state index contributed by atoms with van der Waals surface area (Å²) in [6, 6.07) is 21.9. The largest absolute Gasteiger partial charge is 0.480 e. The van der Waals surface area contributed by atoms with Crippen molar-refractivity contribution < 1.29 is 23.8 Å². The number of benzene rings is 3. The van der Waals surface area contributed by atoms with Gasteiger partial charge in [0.05, 0.1) is 0 Å². The van der Waals surface area contributed by atoms with Crippen molar-refractivity contribution in [2.24, 2.45) is 0 Å². The van der Waals surface area contributed by atoms with E-state index in [0.29, 0.717) is 6.42 Å². The van der Waals surface area contributed by atoms with E-state index < -0.39 is 18.6 Å². The number of carboxylic acid groups (broad SMARTS) is 1. The van der Waals surface area contributed by atoms with E-state index in [-0.39, 0.29) is 24.9 Å². The second kappa shape index (κ2) is 9.00. The van der Waals surface area contributed by atoms with Crippen LogP contribution in [0.5, 0.6) is 0 Å². The minimum Gasteiger partial charge on any atom is -0.480 e. The third kappa shape index (κ3) is 4.58. The van der Waals surface area contributed by atoms with Crippen LogP contribution in [0.15, 0.2) is 72.8 Å². The number of fused-ring (bicyclic) bond motifs is 3. The summed E-state index contributed by atoms with van der Waals surface area (Å²) in [5.41, 5.74) is 5.24. The topological polar surface area (TPSA) is 66.8 Å². The summed E-state index contributed by atoms with van der Waals surface area (Å²) >= 11 is 0. The van der Waals surface area contributed by atoms with E-state index in [4.69, 9.17) is 4.74 Å². The molecular weight excluding hydrogens is 397 g/mol. The van der Waals surface area contributed by atoms with E-state index in [1.807, 2.05) is 36.4 Å². The highest BCUT2D eigenvalue weighted by atomic mass is 19.1. The van der Waals surface area contributed by atoms with Crippen LogP contribution in [-0.2, 0) is 16.0 Å². The molecule has 0 unspecified atom stereocenters. The summed E-state index contributed by atoms with van der Waals surface area (Å²) in [7, 11) is 0. The smallest absolute Gasteiger partial charge is 0.410 e. The molecule has 0 spiro atoms. The lowest BCUT2D eigenvalue weighted by Gasteiger charge is -2.22. The fraction of sp³-hybridized carbons (Fsp3) is 0.200. The molecule has 4 rings (SSSR count). The molecule has 1 N–H and O–H groups in total. The molecule has 0 heterocycles. The zero-order valence-electron chi connectivity index (χ0n) is 16.8. The summed E-state index contributed by atoms with van der Waals surface area (Å²) in [5.74, 6) is -1.56. The van der Waals surface area contributed by atoms with Gasteiger partial charge < -0.3 is 9.84 Å². The molecule has 31 heavy (non-hydrogen) atoms. The Morgan fingerprint density at radius 1 is 0.903 bits per heavy atom. The van der Waals surface area contributed by atoms with Gasteiger partial charge in [-0.15, -0.1) is 0 Å². The van der Waals surface area contributed by atoms with Gasteiger partial charge in [0.25, 0.3) is 0 Å². The van der Waals surface area contributed by atoms with Gasteiger partial charge in [-0.2, -0.15) is 0 Å². The zero-order chi connectivity index (χ0) is 21.8.